The summed E-state index contributed by atoms with van der Waals surface area (Å²) in [6.45, 7) is 4.39. The quantitative estimate of drug-likeness (QED) is 0.801. The van der Waals surface area contributed by atoms with E-state index < -0.39 is 0 Å². The van der Waals surface area contributed by atoms with E-state index in [1.807, 2.05) is 19.2 Å². The number of likely N-dealkylation sites (tertiary alicyclic amines) is 1. The van der Waals surface area contributed by atoms with Gasteiger partial charge in [0.1, 0.15) is 0 Å². The molecule has 1 saturated heterocycles. The van der Waals surface area contributed by atoms with Gasteiger partial charge in [-0.25, -0.2) is 0 Å². The molecule has 1 aromatic heterocycles. The van der Waals surface area contributed by atoms with Crippen LogP contribution < -0.4 is 5.32 Å². The smallest absolute Gasteiger partial charge is 0.224 e. The SMILES string of the molecule is C[C@@H](Cn1cccn1)C(=O)NCCN1CCCC1=O. The molecule has 1 aliphatic heterocycles. The third kappa shape index (κ3) is 3.81. The number of nitrogens with one attached hydrogen (secondary N) is 1. The van der Waals surface area contributed by atoms with Crippen LogP contribution in [0.2, 0.25) is 0 Å². The zero-order chi connectivity index (χ0) is 13.7. The van der Waals surface area contributed by atoms with Crippen molar-refractivity contribution >= 4 is 11.8 Å². The maximum atomic E-state index is 11.9. The van der Waals surface area contributed by atoms with Crippen LogP contribution in [0.25, 0.3) is 0 Å². The fourth-order valence-corrected chi connectivity index (χ4v) is 2.20. The van der Waals surface area contributed by atoms with E-state index >= 15 is 0 Å². The summed E-state index contributed by atoms with van der Waals surface area (Å²) in [5, 5.41) is 6.94. The molecule has 2 amide bonds. The summed E-state index contributed by atoms with van der Waals surface area (Å²) in [7, 11) is 0. The molecule has 19 heavy (non-hydrogen) atoms. The maximum absolute atomic E-state index is 11.9. The molecule has 0 aliphatic carbocycles. The highest BCUT2D eigenvalue weighted by molar-refractivity contribution is 5.79. The molecule has 6 nitrogen and oxygen atoms in total. The van der Waals surface area contributed by atoms with Gasteiger partial charge in [-0.2, -0.15) is 5.10 Å². The number of hydrogen-bond acceptors (Lipinski definition) is 3. The van der Waals surface area contributed by atoms with Crippen molar-refractivity contribution in [3.05, 3.63) is 18.5 Å². The molecule has 6 heteroatoms. The Labute approximate surface area is 112 Å². The van der Waals surface area contributed by atoms with Gasteiger partial charge in [-0.3, -0.25) is 14.3 Å². The van der Waals surface area contributed by atoms with Crippen LogP contribution in [0.3, 0.4) is 0 Å². The molecule has 2 rings (SSSR count). The molecule has 0 bridgehead atoms. The van der Waals surface area contributed by atoms with Crippen LogP contribution >= 0.6 is 0 Å². The predicted octanol–water partition coefficient (Wildman–Crippen LogP) is 0.258. The Balaban J connectivity index is 1.67. The van der Waals surface area contributed by atoms with Crippen LogP contribution in [0.15, 0.2) is 18.5 Å². The third-order valence-electron chi connectivity index (χ3n) is 3.32. The number of nitrogens with zero attached hydrogens (tertiary/aromatic N) is 3. The van der Waals surface area contributed by atoms with Crippen LogP contribution in [0.5, 0.6) is 0 Å². The number of hydrogen-bond donors (Lipinski definition) is 1. The second-order valence-corrected chi connectivity index (χ2v) is 4.90. The second-order valence-electron chi connectivity index (χ2n) is 4.90. The van der Waals surface area contributed by atoms with Crippen LogP contribution in [-0.2, 0) is 16.1 Å². The van der Waals surface area contributed by atoms with Gasteiger partial charge < -0.3 is 10.2 Å². The lowest BCUT2D eigenvalue weighted by Crippen LogP contribution is -2.38. The molecule has 0 spiro atoms. The molecule has 1 aromatic rings. The van der Waals surface area contributed by atoms with E-state index in [0.29, 0.717) is 26.1 Å². The van der Waals surface area contributed by atoms with Gasteiger partial charge in [0.2, 0.25) is 11.8 Å². The van der Waals surface area contributed by atoms with Crippen LogP contribution in [-0.4, -0.2) is 46.1 Å². The van der Waals surface area contributed by atoms with Crippen molar-refractivity contribution < 1.29 is 9.59 Å². The van der Waals surface area contributed by atoms with Gasteiger partial charge in [0.25, 0.3) is 0 Å². The molecule has 1 atom stereocenters. The number of amides is 2. The fourth-order valence-electron chi connectivity index (χ4n) is 2.20. The number of aromatic nitrogens is 2. The Morgan fingerprint density at radius 3 is 3.05 bits per heavy atom. The fraction of sp³-hybridized carbons (Fsp3) is 0.615. The normalized spacial score (nSPS) is 16.7. The van der Waals surface area contributed by atoms with Gasteiger partial charge in [0, 0.05) is 38.4 Å². The molecular formula is C13H20N4O2. The van der Waals surface area contributed by atoms with E-state index in [-0.39, 0.29) is 17.7 Å². The molecule has 2 heterocycles. The Bertz CT molecular complexity index is 430. The lowest BCUT2D eigenvalue weighted by Gasteiger charge is -2.17. The number of carbonyl (C=O) groups is 2. The molecule has 1 fully saturated rings. The molecule has 0 saturated carbocycles. The molecule has 0 radical (unpaired) electrons. The van der Waals surface area contributed by atoms with Crippen LogP contribution in [0.4, 0.5) is 0 Å². The molecule has 1 aliphatic rings. The Kier molecular flexibility index (Phi) is 4.54. The minimum absolute atomic E-state index is 0.00199. The standard InChI is InChI=1S/C13H20N4O2/c1-11(10-17-8-3-5-15-17)13(19)14-6-9-16-7-2-4-12(16)18/h3,5,8,11H,2,4,6-7,9-10H2,1H3,(H,14,19)/t11-/m0/s1. The van der Waals surface area contributed by atoms with E-state index in [0.717, 1.165) is 13.0 Å². The average molecular weight is 264 g/mol. The van der Waals surface area contributed by atoms with Gasteiger partial charge >= 0.3 is 0 Å². The van der Waals surface area contributed by atoms with E-state index in [1.165, 1.54) is 0 Å². The van der Waals surface area contributed by atoms with Crippen molar-refractivity contribution in [3.63, 3.8) is 0 Å². The lowest BCUT2D eigenvalue weighted by atomic mass is 10.1. The first-order chi connectivity index (χ1) is 9.16. The van der Waals surface area contributed by atoms with Gasteiger partial charge in [0.05, 0.1) is 12.5 Å². The first kappa shape index (κ1) is 13.6. The number of carbonyl (C=O) groups excluding carboxylic acids is 2. The maximum Gasteiger partial charge on any atom is 0.224 e. The predicted molar refractivity (Wildman–Crippen MR) is 70.2 cm³/mol. The zero-order valence-electron chi connectivity index (χ0n) is 11.2. The highest BCUT2D eigenvalue weighted by Gasteiger charge is 2.20. The van der Waals surface area contributed by atoms with Crippen molar-refractivity contribution in [2.24, 2.45) is 5.92 Å². The molecule has 104 valence electrons. The van der Waals surface area contributed by atoms with Crippen molar-refractivity contribution in [3.8, 4) is 0 Å². The summed E-state index contributed by atoms with van der Waals surface area (Å²) in [5.74, 6) is 0.0650. The van der Waals surface area contributed by atoms with Gasteiger partial charge in [-0.15, -0.1) is 0 Å². The molecule has 0 unspecified atom stereocenters. The van der Waals surface area contributed by atoms with E-state index in [4.69, 9.17) is 0 Å². The van der Waals surface area contributed by atoms with Crippen molar-refractivity contribution in [1.82, 2.24) is 20.0 Å². The minimum Gasteiger partial charge on any atom is -0.354 e. The van der Waals surface area contributed by atoms with Gasteiger partial charge in [0.15, 0.2) is 0 Å². The summed E-state index contributed by atoms with van der Waals surface area (Å²) in [6.07, 6.45) is 5.11. The van der Waals surface area contributed by atoms with Crippen molar-refractivity contribution in [1.29, 1.82) is 0 Å². The Morgan fingerprint density at radius 1 is 1.58 bits per heavy atom. The van der Waals surface area contributed by atoms with E-state index in [9.17, 15) is 9.59 Å². The molecular weight excluding hydrogens is 244 g/mol. The summed E-state index contributed by atoms with van der Waals surface area (Å²) >= 11 is 0. The van der Waals surface area contributed by atoms with Crippen molar-refractivity contribution in [2.45, 2.75) is 26.3 Å². The summed E-state index contributed by atoms with van der Waals surface area (Å²) < 4.78 is 1.74. The van der Waals surface area contributed by atoms with Gasteiger partial charge in [-0.05, 0) is 12.5 Å². The average Bonchev–Trinajstić information content (AvgIpc) is 3.02. The first-order valence-corrected chi connectivity index (χ1v) is 6.69. The lowest BCUT2D eigenvalue weighted by molar-refractivity contribution is -0.129. The monoisotopic (exact) mass is 264 g/mol. The van der Waals surface area contributed by atoms with Crippen LogP contribution in [0, 0.1) is 5.92 Å². The summed E-state index contributed by atoms with van der Waals surface area (Å²) in [6, 6.07) is 1.84. The zero-order valence-corrected chi connectivity index (χ0v) is 11.2. The summed E-state index contributed by atoms with van der Waals surface area (Å²) in [4.78, 5) is 25.1. The highest BCUT2D eigenvalue weighted by Crippen LogP contribution is 2.08. The minimum atomic E-state index is -0.130. The third-order valence-corrected chi connectivity index (χ3v) is 3.32. The van der Waals surface area contributed by atoms with E-state index in [2.05, 4.69) is 10.4 Å². The molecule has 1 N–H and O–H groups in total. The van der Waals surface area contributed by atoms with Crippen molar-refractivity contribution in [2.75, 3.05) is 19.6 Å². The highest BCUT2D eigenvalue weighted by atomic mass is 16.2. The largest absolute Gasteiger partial charge is 0.354 e. The second kappa shape index (κ2) is 6.36. The molecule has 0 aromatic carbocycles. The number of rotatable bonds is 6. The first-order valence-electron chi connectivity index (χ1n) is 6.69. The topological polar surface area (TPSA) is 67.2 Å². The Hall–Kier alpha value is -1.85. The van der Waals surface area contributed by atoms with Gasteiger partial charge in [-0.1, -0.05) is 6.92 Å². The van der Waals surface area contributed by atoms with Crippen LogP contribution in [0.1, 0.15) is 19.8 Å². The Morgan fingerprint density at radius 2 is 2.42 bits per heavy atom. The van der Waals surface area contributed by atoms with E-state index in [1.54, 1.807) is 15.8 Å². The summed E-state index contributed by atoms with van der Waals surface area (Å²) in [5.41, 5.74) is 0.